The Morgan fingerprint density at radius 2 is 1.72 bits per heavy atom. The fraction of sp³-hybridized carbons (Fsp3) is 0.586. The number of benzene rings is 1. The SMILES string of the molecule is CN(C)C(=O)C1(N2CCCCC2)CCN(CCC(CN(C)C(=O)c2cnccn2)c2ccc(Cl)c(Cl)c2)CC1. The third-order valence-corrected chi connectivity index (χ3v) is 9.02. The average Bonchev–Trinajstić information content (AvgIpc) is 2.97. The number of hydrogen-bond donors (Lipinski definition) is 0. The zero-order chi connectivity index (χ0) is 28.0. The van der Waals surface area contributed by atoms with Gasteiger partial charge in [-0.2, -0.15) is 0 Å². The largest absolute Gasteiger partial charge is 0.347 e. The molecule has 2 fully saturated rings. The lowest BCUT2D eigenvalue weighted by molar-refractivity contribution is -0.147. The summed E-state index contributed by atoms with van der Waals surface area (Å²) in [4.78, 5) is 43.0. The Hall–Kier alpha value is -2.26. The minimum atomic E-state index is -0.396. The van der Waals surface area contributed by atoms with Crippen molar-refractivity contribution in [3.63, 3.8) is 0 Å². The molecule has 2 aliphatic rings. The predicted octanol–water partition coefficient (Wildman–Crippen LogP) is 4.44. The van der Waals surface area contributed by atoms with Crippen molar-refractivity contribution >= 4 is 35.0 Å². The number of carbonyl (C=O) groups excluding carboxylic acids is 2. The van der Waals surface area contributed by atoms with Crippen LogP contribution in [0.4, 0.5) is 0 Å². The summed E-state index contributed by atoms with van der Waals surface area (Å²) in [5.41, 5.74) is 0.974. The summed E-state index contributed by atoms with van der Waals surface area (Å²) >= 11 is 12.6. The fourth-order valence-electron chi connectivity index (χ4n) is 6.04. The van der Waals surface area contributed by atoms with Crippen LogP contribution in [-0.2, 0) is 4.79 Å². The Morgan fingerprint density at radius 3 is 2.33 bits per heavy atom. The van der Waals surface area contributed by atoms with E-state index in [2.05, 4.69) is 19.8 Å². The second kappa shape index (κ2) is 13.4. The molecule has 2 saturated heterocycles. The molecule has 3 heterocycles. The van der Waals surface area contributed by atoms with E-state index in [-0.39, 0.29) is 17.7 Å². The molecule has 2 aromatic rings. The molecular weight excluding hydrogens is 535 g/mol. The highest BCUT2D eigenvalue weighted by atomic mass is 35.5. The first-order chi connectivity index (χ1) is 18.7. The van der Waals surface area contributed by atoms with E-state index in [0.717, 1.165) is 70.4 Å². The fourth-order valence-corrected chi connectivity index (χ4v) is 6.34. The molecule has 1 unspecified atom stereocenters. The third-order valence-electron chi connectivity index (χ3n) is 8.28. The van der Waals surface area contributed by atoms with Gasteiger partial charge in [0, 0.05) is 59.1 Å². The number of halogens is 2. The molecule has 4 rings (SSSR count). The minimum Gasteiger partial charge on any atom is -0.347 e. The monoisotopic (exact) mass is 574 g/mol. The number of piperidine rings is 2. The number of amides is 2. The Balaban J connectivity index is 1.44. The van der Waals surface area contributed by atoms with E-state index >= 15 is 0 Å². The van der Waals surface area contributed by atoms with Gasteiger partial charge in [-0.25, -0.2) is 4.98 Å². The number of likely N-dealkylation sites (tertiary alicyclic amines) is 2. The third kappa shape index (κ3) is 7.09. The van der Waals surface area contributed by atoms with Gasteiger partial charge in [0.2, 0.25) is 5.91 Å². The van der Waals surface area contributed by atoms with Crippen LogP contribution in [0.3, 0.4) is 0 Å². The maximum Gasteiger partial charge on any atom is 0.273 e. The lowest BCUT2D eigenvalue weighted by Crippen LogP contribution is -2.64. The first-order valence-corrected chi connectivity index (χ1v) is 14.6. The van der Waals surface area contributed by atoms with Gasteiger partial charge in [0.15, 0.2) is 0 Å². The van der Waals surface area contributed by atoms with Crippen LogP contribution in [0.2, 0.25) is 10.0 Å². The lowest BCUT2D eigenvalue weighted by atomic mass is 9.82. The molecule has 0 N–H and O–H groups in total. The molecule has 2 aliphatic heterocycles. The number of rotatable bonds is 9. The molecule has 0 bridgehead atoms. The number of nitrogens with zero attached hydrogens (tertiary/aromatic N) is 6. The summed E-state index contributed by atoms with van der Waals surface area (Å²) in [5.74, 6) is 0.129. The van der Waals surface area contributed by atoms with Crippen LogP contribution >= 0.6 is 23.2 Å². The molecular formula is C29H40Cl2N6O2. The van der Waals surface area contributed by atoms with Gasteiger partial charge in [0.1, 0.15) is 11.2 Å². The average molecular weight is 576 g/mol. The summed E-state index contributed by atoms with van der Waals surface area (Å²) < 4.78 is 0. The first kappa shape index (κ1) is 29.7. The number of aromatic nitrogens is 2. The predicted molar refractivity (Wildman–Crippen MR) is 155 cm³/mol. The number of likely N-dealkylation sites (N-methyl/N-ethyl adjacent to an activating group) is 2. The van der Waals surface area contributed by atoms with Gasteiger partial charge in [-0.3, -0.25) is 19.5 Å². The van der Waals surface area contributed by atoms with Crippen LogP contribution in [0.1, 0.15) is 60.5 Å². The topological polar surface area (TPSA) is 72.9 Å². The summed E-state index contributed by atoms with van der Waals surface area (Å²) in [5, 5.41) is 1.02. The molecule has 39 heavy (non-hydrogen) atoms. The number of carbonyl (C=O) groups is 2. The van der Waals surface area contributed by atoms with Gasteiger partial charge < -0.3 is 14.7 Å². The van der Waals surface area contributed by atoms with Gasteiger partial charge in [-0.15, -0.1) is 0 Å². The maximum atomic E-state index is 13.4. The molecule has 0 aliphatic carbocycles. The standard InChI is InChI=1S/C29H40Cl2N6O2/c1-34(2)28(39)29(37-14-5-4-6-15-37)10-17-36(18-11-29)16-9-23(22-7-8-24(30)25(31)19-22)21-35(3)27(38)26-20-32-12-13-33-26/h7-8,12-13,19-20,23H,4-6,9-11,14-18,21H2,1-3H3. The molecule has 10 heteroatoms. The number of hydrogen-bond acceptors (Lipinski definition) is 6. The van der Waals surface area contributed by atoms with Crippen LogP contribution in [0.15, 0.2) is 36.8 Å². The molecule has 1 aromatic carbocycles. The van der Waals surface area contributed by atoms with Crippen LogP contribution in [0, 0.1) is 0 Å². The van der Waals surface area contributed by atoms with Crippen molar-refractivity contribution in [1.82, 2.24) is 29.6 Å². The normalized spacial score (nSPS) is 18.9. The van der Waals surface area contributed by atoms with E-state index in [0.29, 0.717) is 22.3 Å². The van der Waals surface area contributed by atoms with E-state index in [1.165, 1.54) is 18.8 Å². The van der Waals surface area contributed by atoms with E-state index in [9.17, 15) is 9.59 Å². The van der Waals surface area contributed by atoms with Crippen molar-refractivity contribution in [3.8, 4) is 0 Å². The Bertz CT molecular complexity index is 1120. The van der Waals surface area contributed by atoms with Crippen molar-refractivity contribution in [1.29, 1.82) is 0 Å². The smallest absolute Gasteiger partial charge is 0.273 e. The van der Waals surface area contributed by atoms with Crippen LogP contribution in [-0.4, -0.2) is 107 Å². The van der Waals surface area contributed by atoms with Gasteiger partial charge in [-0.05, 0) is 69.4 Å². The van der Waals surface area contributed by atoms with Crippen molar-refractivity contribution < 1.29 is 9.59 Å². The second-order valence-electron chi connectivity index (χ2n) is 11.1. The van der Waals surface area contributed by atoms with Crippen LogP contribution in [0.5, 0.6) is 0 Å². The quantitative estimate of drug-likeness (QED) is 0.441. The molecule has 8 nitrogen and oxygen atoms in total. The van der Waals surface area contributed by atoms with Gasteiger partial charge in [0.05, 0.1) is 16.2 Å². The molecule has 0 saturated carbocycles. The zero-order valence-electron chi connectivity index (χ0n) is 23.3. The highest BCUT2D eigenvalue weighted by Crippen LogP contribution is 2.34. The first-order valence-electron chi connectivity index (χ1n) is 13.9. The molecule has 2 amide bonds. The Labute approximate surface area is 242 Å². The summed E-state index contributed by atoms with van der Waals surface area (Å²) in [6.07, 6.45) is 10.7. The summed E-state index contributed by atoms with van der Waals surface area (Å²) in [7, 11) is 5.55. The zero-order valence-corrected chi connectivity index (χ0v) is 24.8. The van der Waals surface area contributed by atoms with Gasteiger partial charge >= 0.3 is 0 Å². The van der Waals surface area contributed by atoms with Crippen LogP contribution < -0.4 is 0 Å². The van der Waals surface area contributed by atoms with E-state index in [1.54, 1.807) is 23.0 Å². The van der Waals surface area contributed by atoms with Crippen molar-refractivity contribution in [2.24, 2.45) is 0 Å². The van der Waals surface area contributed by atoms with Gasteiger partial charge in [-0.1, -0.05) is 35.7 Å². The summed E-state index contributed by atoms with van der Waals surface area (Å²) in [6.45, 7) is 5.13. The minimum absolute atomic E-state index is 0.0579. The van der Waals surface area contributed by atoms with E-state index in [1.807, 2.05) is 32.3 Å². The van der Waals surface area contributed by atoms with Crippen molar-refractivity contribution in [2.45, 2.75) is 50.0 Å². The van der Waals surface area contributed by atoms with Gasteiger partial charge in [0.25, 0.3) is 5.91 Å². The van der Waals surface area contributed by atoms with E-state index in [4.69, 9.17) is 23.2 Å². The van der Waals surface area contributed by atoms with Crippen molar-refractivity contribution in [2.75, 3.05) is 60.4 Å². The second-order valence-corrected chi connectivity index (χ2v) is 11.9. The molecule has 0 spiro atoms. The Kier molecular flexibility index (Phi) is 10.2. The maximum absolute atomic E-state index is 13.4. The molecule has 0 radical (unpaired) electrons. The summed E-state index contributed by atoms with van der Waals surface area (Å²) in [6, 6.07) is 5.72. The highest BCUT2D eigenvalue weighted by molar-refractivity contribution is 6.42. The lowest BCUT2D eigenvalue weighted by Gasteiger charge is -2.50. The highest BCUT2D eigenvalue weighted by Gasteiger charge is 2.47. The van der Waals surface area contributed by atoms with Crippen LogP contribution in [0.25, 0.3) is 0 Å². The van der Waals surface area contributed by atoms with Crippen molar-refractivity contribution in [3.05, 3.63) is 58.1 Å². The molecule has 212 valence electrons. The molecule has 1 atom stereocenters. The molecule has 1 aromatic heterocycles. The van der Waals surface area contributed by atoms with E-state index < -0.39 is 5.54 Å². The Morgan fingerprint density at radius 1 is 1.00 bits per heavy atom.